The maximum Gasteiger partial charge on any atom is 0.285 e. The Hall–Kier alpha value is -4.02. The molecule has 4 heterocycles. The predicted molar refractivity (Wildman–Crippen MR) is 141 cm³/mol. The van der Waals surface area contributed by atoms with Gasteiger partial charge in [-0.1, -0.05) is 18.2 Å². The number of nitrogens with zero attached hydrogens (tertiary/aromatic N) is 5. The number of hydrogen-bond donors (Lipinski definition) is 2. The molecule has 6 rings (SSSR count). The van der Waals surface area contributed by atoms with Gasteiger partial charge >= 0.3 is 0 Å². The SMILES string of the molecule is Cc1cc(Nc2cc3c(cn2)cnn3S(=O)(=O)c2cccc3cccnc23)ccc1N1CCNCC1. The fourth-order valence-electron chi connectivity index (χ4n) is 4.68. The zero-order chi connectivity index (χ0) is 24.7. The van der Waals surface area contributed by atoms with Gasteiger partial charge in [-0.2, -0.15) is 17.6 Å². The molecule has 0 saturated carbocycles. The van der Waals surface area contributed by atoms with Crippen LogP contribution in [0.15, 0.2) is 78.1 Å². The van der Waals surface area contributed by atoms with Gasteiger partial charge in [0.15, 0.2) is 0 Å². The second-order valence-electron chi connectivity index (χ2n) is 8.82. The fraction of sp³-hybridized carbons (Fsp3) is 0.192. The Bertz CT molecular complexity index is 1690. The number of para-hydroxylation sites is 1. The number of aromatic nitrogens is 4. The van der Waals surface area contributed by atoms with Crippen molar-refractivity contribution in [2.45, 2.75) is 11.8 Å². The van der Waals surface area contributed by atoms with E-state index in [4.69, 9.17) is 0 Å². The lowest BCUT2D eigenvalue weighted by molar-refractivity contribution is 0.583. The van der Waals surface area contributed by atoms with Crippen molar-refractivity contribution in [2.24, 2.45) is 0 Å². The van der Waals surface area contributed by atoms with E-state index in [1.807, 2.05) is 18.2 Å². The quantitative estimate of drug-likeness (QED) is 0.377. The van der Waals surface area contributed by atoms with Crippen LogP contribution >= 0.6 is 0 Å². The summed E-state index contributed by atoms with van der Waals surface area (Å²) in [6.07, 6.45) is 4.72. The number of aryl methyl sites for hydroxylation is 1. The number of benzene rings is 2. The highest BCUT2D eigenvalue weighted by atomic mass is 32.2. The van der Waals surface area contributed by atoms with Crippen LogP contribution in [0.5, 0.6) is 0 Å². The van der Waals surface area contributed by atoms with Crippen LogP contribution in [0.25, 0.3) is 21.8 Å². The number of anilines is 3. The molecule has 2 N–H and O–H groups in total. The molecule has 10 heteroatoms. The van der Waals surface area contributed by atoms with Gasteiger partial charge in [-0.3, -0.25) is 4.98 Å². The van der Waals surface area contributed by atoms with Crippen LogP contribution in [0.3, 0.4) is 0 Å². The van der Waals surface area contributed by atoms with Crippen molar-refractivity contribution in [3.8, 4) is 0 Å². The molecule has 1 aliphatic heterocycles. The first-order chi connectivity index (χ1) is 17.5. The third-order valence-electron chi connectivity index (χ3n) is 6.45. The third-order valence-corrected chi connectivity index (χ3v) is 8.08. The van der Waals surface area contributed by atoms with Gasteiger partial charge in [-0.15, -0.1) is 0 Å². The first kappa shape index (κ1) is 22.4. The van der Waals surface area contributed by atoms with E-state index in [0.29, 0.717) is 22.2 Å². The smallest absolute Gasteiger partial charge is 0.285 e. The zero-order valence-electron chi connectivity index (χ0n) is 19.7. The van der Waals surface area contributed by atoms with Gasteiger partial charge in [-0.25, -0.2) is 4.98 Å². The third kappa shape index (κ3) is 3.94. The Morgan fingerprint density at radius 3 is 2.61 bits per heavy atom. The number of hydrogen-bond acceptors (Lipinski definition) is 8. The lowest BCUT2D eigenvalue weighted by Crippen LogP contribution is -2.43. The summed E-state index contributed by atoms with van der Waals surface area (Å²) in [4.78, 5) is 11.3. The number of fused-ring (bicyclic) bond motifs is 2. The van der Waals surface area contributed by atoms with Crippen LogP contribution in [0.1, 0.15) is 5.56 Å². The molecule has 0 amide bonds. The van der Waals surface area contributed by atoms with Gasteiger partial charge in [0.25, 0.3) is 10.0 Å². The molecule has 1 saturated heterocycles. The topological polar surface area (TPSA) is 105 Å². The van der Waals surface area contributed by atoms with E-state index in [2.05, 4.69) is 49.7 Å². The molecule has 182 valence electrons. The summed E-state index contributed by atoms with van der Waals surface area (Å²) in [5.41, 5.74) is 4.12. The fourth-order valence-corrected chi connectivity index (χ4v) is 6.12. The van der Waals surface area contributed by atoms with Crippen LogP contribution < -0.4 is 15.5 Å². The highest BCUT2D eigenvalue weighted by molar-refractivity contribution is 7.90. The number of pyridine rings is 2. The Kier molecular flexibility index (Phi) is 5.54. The minimum absolute atomic E-state index is 0.107. The largest absolute Gasteiger partial charge is 0.369 e. The Morgan fingerprint density at radius 2 is 1.78 bits per heavy atom. The van der Waals surface area contributed by atoms with Crippen LogP contribution in [0.4, 0.5) is 17.2 Å². The average molecular weight is 500 g/mol. The number of rotatable bonds is 5. The van der Waals surface area contributed by atoms with E-state index in [1.165, 1.54) is 17.4 Å². The van der Waals surface area contributed by atoms with Gasteiger partial charge in [0.1, 0.15) is 10.7 Å². The Balaban J connectivity index is 1.34. The van der Waals surface area contributed by atoms with Gasteiger partial charge < -0.3 is 15.5 Å². The normalized spacial score (nSPS) is 14.4. The van der Waals surface area contributed by atoms with Crippen molar-refractivity contribution in [1.29, 1.82) is 0 Å². The van der Waals surface area contributed by atoms with Crippen LogP contribution in [-0.4, -0.2) is 53.8 Å². The van der Waals surface area contributed by atoms with Crippen LogP contribution in [-0.2, 0) is 10.0 Å². The molecule has 0 spiro atoms. The maximum atomic E-state index is 13.6. The molecule has 1 fully saturated rings. The molecule has 5 aromatic rings. The standard InChI is InChI=1S/C26H25N7O2S/c1-18-14-21(7-8-22(18)32-12-10-27-11-13-32)31-25-15-23-20(16-29-25)17-30-33(23)36(34,35)24-6-2-4-19-5-3-9-28-26(19)24/h2-9,14-17,27H,10-13H2,1H3,(H,29,31). The van der Waals surface area contributed by atoms with Crippen molar-refractivity contribution in [2.75, 3.05) is 36.4 Å². The van der Waals surface area contributed by atoms with Gasteiger partial charge in [0.2, 0.25) is 0 Å². The van der Waals surface area contributed by atoms with E-state index >= 15 is 0 Å². The first-order valence-corrected chi connectivity index (χ1v) is 13.2. The van der Waals surface area contributed by atoms with Gasteiger partial charge in [-0.05, 0) is 42.8 Å². The van der Waals surface area contributed by atoms with Gasteiger partial charge in [0.05, 0.1) is 17.2 Å². The molecular weight excluding hydrogens is 474 g/mol. The van der Waals surface area contributed by atoms with Crippen LogP contribution in [0, 0.1) is 6.92 Å². The van der Waals surface area contributed by atoms with Crippen molar-refractivity contribution in [3.63, 3.8) is 0 Å². The van der Waals surface area contributed by atoms with Crippen molar-refractivity contribution < 1.29 is 8.42 Å². The second kappa shape index (κ2) is 8.89. The molecule has 3 aromatic heterocycles. The molecule has 36 heavy (non-hydrogen) atoms. The number of piperazine rings is 1. The van der Waals surface area contributed by atoms with Crippen molar-refractivity contribution in [1.82, 2.24) is 24.5 Å². The van der Waals surface area contributed by atoms with Crippen molar-refractivity contribution >= 4 is 49.0 Å². The van der Waals surface area contributed by atoms with E-state index in [9.17, 15) is 8.42 Å². The summed E-state index contributed by atoms with van der Waals surface area (Å²) in [7, 11) is -3.99. The predicted octanol–water partition coefficient (Wildman–Crippen LogP) is 3.68. The average Bonchev–Trinajstić information content (AvgIpc) is 3.33. The summed E-state index contributed by atoms with van der Waals surface area (Å²) in [6, 6.07) is 16.6. The molecule has 0 atom stereocenters. The van der Waals surface area contributed by atoms with Crippen molar-refractivity contribution in [3.05, 3.63) is 78.8 Å². The minimum atomic E-state index is -3.99. The van der Waals surface area contributed by atoms with E-state index in [1.54, 1.807) is 36.7 Å². The molecule has 9 nitrogen and oxygen atoms in total. The molecule has 2 aromatic carbocycles. The summed E-state index contributed by atoms with van der Waals surface area (Å²) in [5.74, 6) is 0.532. The maximum absolute atomic E-state index is 13.6. The number of nitrogens with one attached hydrogen (secondary N) is 2. The molecular formula is C26H25N7O2S. The molecule has 0 unspecified atom stereocenters. The molecule has 0 radical (unpaired) electrons. The second-order valence-corrected chi connectivity index (χ2v) is 10.6. The monoisotopic (exact) mass is 499 g/mol. The molecule has 0 bridgehead atoms. The lowest BCUT2D eigenvalue weighted by Gasteiger charge is -2.30. The lowest BCUT2D eigenvalue weighted by atomic mass is 10.1. The molecule has 0 aliphatic carbocycles. The van der Waals surface area contributed by atoms with E-state index in [-0.39, 0.29) is 4.90 Å². The first-order valence-electron chi connectivity index (χ1n) is 11.8. The van der Waals surface area contributed by atoms with Gasteiger partial charge in [0, 0.05) is 66.8 Å². The molecule has 1 aliphatic rings. The van der Waals surface area contributed by atoms with E-state index < -0.39 is 10.0 Å². The minimum Gasteiger partial charge on any atom is -0.369 e. The Morgan fingerprint density at radius 1 is 0.944 bits per heavy atom. The zero-order valence-corrected chi connectivity index (χ0v) is 20.5. The summed E-state index contributed by atoms with van der Waals surface area (Å²) in [5, 5.41) is 12.3. The summed E-state index contributed by atoms with van der Waals surface area (Å²) < 4.78 is 28.3. The Labute approximate surface area is 208 Å². The van der Waals surface area contributed by atoms with Crippen LogP contribution in [0.2, 0.25) is 0 Å². The highest BCUT2D eigenvalue weighted by Crippen LogP contribution is 2.29. The summed E-state index contributed by atoms with van der Waals surface area (Å²) >= 11 is 0. The highest BCUT2D eigenvalue weighted by Gasteiger charge is 2.24. The van der Waals surface area contributed by atoms with E-state index in [0.717, 1.165) is 41.3 Å². The summed E-state index contributed by atoms with van der Waals surface area (Å²) in [6.45, 7) is 6.02.